The number of halogens is 1. The van der Waals surface area contributed by atoms with Crippen LogP contribution in [0, 0.1) is 11.3 Å². The van der Waals surface area contributed by atoms with Crippen molar-refractivity contribution in [1.82, 2.24) is 15.5 Å². The molecule has 4 nitrogen and oxygen atoms in total. The van der Waals surface area contributed by atoms with Gasteiger partial charge in [-0.25, -0.2) is 0 Å². The van der Waals surface area contributed by atoms with Gasteiger partial charge in [0.15, 0.2) is 5.96 Å². The number of nitrogens with zero attached hydrogens (tertiary/aromatic N) is 2. The number of aliphatic imine (C=N–C) groups is 1. The lowest BCUT2D eigenvalue weighted by molar-refractivity contribution is 0.208. The average molecular weight is 422 g/mol. The first kappa shape index (κ1) is 20.0. The Morgan fingerprint density at radius 2 is 1.91 bits per heavy atom. The number of piperidine rings is 1. The van der Waals surface area contributed by atoms with Crippen LogP contribution in [0.3, 0.4) is 0 Å². The van der Waals surface area contributed by atoms with Gasteiger partial charge in [0.25, 0.3) is 0 Å². The maximum absolute atomic E-state index is 4.40. The third-order valence-electron chi connectivity index (χ3n) is 5.18. The van der Waals surface area contributed by atoms with Gasteiger partial charge in [-0.3, -0.25) is 4.99 Å². The summed E-state index contributed by atoms with van der Waals surface area (Å²) in [4.78, 5) is 6.84. The van der Waals surface area contributed by atoms with E-state index < -0.39 is 0 Å². The van der Waals surface area contributed by atoms with Crippen LogP contribution in [0.1, 0.15) is 52.4 Å². The molecule has 1 atom stereocenters. The first-order valence-electron chi connectivity index (χ1n) is 8.64. The van der Waals surface area contributed by atoms with Gasteiger partial charge in [0.2, 0.25) is 0 Å². The SMILES string of the molecule is CN=C(NCC1CCCN(C)C1)NC1CCC(C)(C)CC1.I. The smallest absolute Gasteiger partial charge is 0.191 e. The molecule has 0 radical (unpaired) electrons. The summed E-state index contributed by atoms with van der Waals surface area (Å²) in [5, 5.41) is 7.16. The zero-order chi connectivity index (χ0) is 15.3. The standard InChI is InChI=1S/C17H34N4.HI/c1-17(2)9-7-15(8-10-17)20-16(18-3)19-12-14-6-5-11-21(4)13-14;/h14-15H,5-13H2,1-4H3,(H2,18,19,20);1H. The molecule has 0 amide bonds. The highest BCUT2D eigenvalue weighted by Crippen LogP contribution is 2.34. The summed E-state index contributed by atoms with van der Waals surface area (Å²) in [6, 6.07) is 0.596. The Kier molecular flexibility index (Phi) is 8.46. The minimum Gasteiger partial charge on any atom is -0.356 e. The molecule has 0 spiro atoms. The minimum atomic E-state index is 0. The molecule has 130 valence electrons. The van der Waals surface area contributed by atoms with E-state index in [2.05, 4.69) is 41.4 Å². The van der Waals surface area contributed by atoms with Gasteiger partial charge in [-0.1, -0.05) is 13.8 Å². The summed E-state index contributed by atoms with van der Waals surface area (Å²) >= 11 is 0. The average Bonchev–Trinajstić information content (AvgIpc) is 2.45. The molecule has 0 aromatic carbocycles. The molecule has 1 saturated carbocycles. The largest absolute Gasteiger partial charge is 0.356 e. The lowest BCUT2D eigenvalue weighted by Gasteiger charge is -2.35. The predicted molar refractivity (Wildman–Crippen MR) is 106 cm³/mol. The van der Waals surface area contributed by atoms with E-state index >= 15 is 0 Å². The first-order chi connectivity index (χ1) is 9.98. The first-order valence-corrected chi connectivity index (χ1v) is 8.64. The third-order valence-corrected chi connectivity index (χ3v) is 5.18. The topological polar surface area (TPSA) is 39.7 Å². The van der Waals surface area contributed by atoms with Crippen LogP contribution >= 0.6 is 24.0 Å². The van der Waals surface area contributed by atoms with Crippen LogP contribution in [-0.2, 0) is 0 Å². The maximum atomic E-state index is 4.40. The second kappa shape index (κ2) is 9.30. The predicted octanol–water partition coefficient (Wildman–Crippen LogP) is 3.08. The van der Waals surface area contributed by atoms with Crippen molar-refractivity contribution < 1.29 is 0 Å². The fourth-order valence-corrected chi connectivity index (χ4v) is 3.61. The van der Waals surface area contributed by atoms with E-state index in [9.17, 15) is 0 Å². The van der Waals surface area contributed by atoms with Gasteiger partial charge >= 0.3 is 0 Å². The molecule has 0 aromatic heterocycles. The van der Waals surface area contributed by atoms with Crippen LogP contribution in [0.25, 0.3) is 0 Å². The fraction of sp³-hybridized carbons (Fsp3) is 0.941. The minimum absolute atomic E-state index is 0. The summed E-state index contributed by atoms with van der Waals surface area (Å²) in [6.07, 6.45) is 7.82. The van der Waals surface area contributed by atoms with Gasteiger partial charge in [-0.2, -0.15) is 0 Å². The van der Waals surface area contributed by atoms with Gasteiger partial charge in [-0.05, 0) is 63.5 Å². The highest BCUT2D eigenvalue weighted by Gasteiger charge is 2.27. The second-order valence-corrected chi connectivity index (χ2v) is 7.81. The van der Waals surface area contributed by atoms with Crippen LogP contribution in [0.2, 0.25) is 0 Å². The highest BCUT2D eigenvalue weighted by molar-refractivity contribution is 14.0. The van der Waals surface area contributed by atoms with E-state index in [0.29, 0.717) is 11.5 Å². The number of guanidine groups is 1. The molecular formula is C17H35IN4. The van der Waals surface area contributed by atoms with E-state index in [-0.39, 0.29) is 24.0 Å². The molecule has 22 heavy (non-hydrogen) atoms. The molecule has 1 unspecified atom stereocenters. The molecule has 5 heteroatoms. The van der Waals surface area contributed by atoms with Crippen LogP contribution in [-0.4, -0.2) is 50.6 Å². The van der Waals surface area contributed by atoms with Crippen molar-refractivity contribution in [1.29, 1.82) is 0 Å². The van der Waals surface area contributed by atoms with Gasteiger partial charge in [0.05, 0.1) is 0 Å². The van der Waals surface area contributed by atoms with E-state index in [1.165, 1.54) is 51.6 Å². The van der Waals surface area contributed by atoms with Crippen LogP contribution in [0.15, 0.2) is 4.99 Å². The Morgan fingerprint density at radius 1 is 1.23 bits per heavy atom. The molecule has 0 aromatic rings. The van der Waals surface area contributed by atoms with Crippen molar-refractivity contribution in [3.05, 3.63) is 0 Å². The van der Waals surface area contributed by atoms with Crippen molar-refractivity contribution in [2.75, 3.05) is 33.7 Å². The van der Waals surface area contributed by atoms with Crippen molar-refractivity contribution in [2.45, 2.75) is 58.4 Å². The van der Waals surface area contributed by atoms with Crippen molar-refractivity contribution in [3.8, 4) is 0 Å². The van der Waals surface area contributed by atoms with E-state index in [0.717, 1.165) is 18.4 Å². The number of hydrogen-bond donors (Lipinski definition) is 2. The van der Waals surface area contributed by atoms with Crippen molar-refractivity contribution in [3.63, 3.8) is 0 Å². The molecule has 0 bridgehead atoms. The number of likely N-dealkylation sites (tertiary alicyclic amines) is 1. The molecule has 2 aliphatic rings. The van der Waals surface area contributed by atoms with E-state index in [4.69, 9.17) is 0 Å². The Bertz CT molecular complexity index is 347. The van der Waals surface area contributed by atoms with Crippen LogP contribution in [0.4, 0.5) is 0 Å². The summed E-state index contributed by atoms with van der Waals surface area (Å²) in [7, 11) is 4.11. The molecule has 2 rings (SSSR count). The lowest BCUT2D eigenvalue weighted by atomic mass is 9.75. The summed E-state index contributed by atoms with van der Waals surface area (Å²) < 4.78 is 0. The van der Waals surface area contributed by atoms with E-state index in [1.54, 1.807) is 0 Å². The van der Waals surface area contributed by atoms with E-state index in [1.807, 2.05) is 7.05 Å². The van der Waals surface area contributed by atoms with Crippen molar-refractivity contribution in [2.24, 2.45) is 16.3 Å². The summed E-state index contributed by atoms with van der Waals surface area (Å²) in [5.41, 5.74) is 0.530. The monoisotopic (exact) mass is 422 g/mol. The number of hydrogen-bond acceptors (Lipinski definition) is 2. The van der Waals surface area contributed by atoms with Crippen LogP contribution < -0.4 is 10.6 Å². The molecule has 2 N–H and O–H groups in total. The fourth-order valence-electron chi connectivity index (χ4n) is 3.61. The van der Waals surface area contributed by atoms with Gasteiger partial charge in [0.1, 0.15) is 0 Å². The molecule has 1 aliphatic carbocycles. The second-order valence-electron chi connectivity index (χ2n) is 7.81. The molecule has 2 fully saturated rings. The normalized spacial score (nSPS) is 27.1. The molecule has 1 heterocycles. The lowest BCUT2D eigenvalue weighted by Crippen LogP contribution is -2.48. The maximum Gasteiger partial charge on any atom is 0.191 e. The summed E-state index contributed by atoms with van der Waals surface area (Å²) in [5.74, 6) is 1.75. The number of nitrogens with one attached hydrogen (secondary N) is 2. The zero-order valence-electron chi connectivity index (χ0n) is 14.8. The third kappa shape index (κ3) is 6.60. The molecule has 1 aliphatic heterocycles. The van der Waals surface area contributed by atoms with Crippen molar-refractivity contribution >= 4 is 29.9 Å². The Balaban J connectivity index is 0.00000242. The summed E-state index contributed by atoms with van der Waals surface area (Å²) in [6.45, 7) is 8.27. The molecular weight excluding hydrogens is 387 g/mol. The number of rotatable bonds is 3. The van der Waals surface area contributed by atoms with Gasteiger partial charge < -0.3 is 15.5 Å². The Labute approximate surface area is 153 Å². The highest BCUT2D eigenvalue weighted by atomic mass is 127. The van der Waals surface area contributed by atoms with Gasteiger partial charge in [-0.15, -0.1) is 24.0 Å². The van der Waals surface area contributed by atoms with Crippen LogP contribution in [0.5, 0.6) is 0 Å². The quantitative estimate of drug-likeness (QED) is 0.417. The molecule has 1 saturated heterocycles. The zero-order valence-corrected chi connectivity index (χ0v) is 17.2. The Morgan fingerprint density at radius 3 is 2.50 bits per heavy atom. The van der Waals surface area contributed by atoms with Gasteiger partial charge in [0, 0.05) is 26.2 Å². The Hall–Kier alpha value is -0.0400.